The number of rotatable bonds is 4. The van der Waals surface area contributed by atoms with Crippen molar-refractivity contribution >= 4 is 0 Å². The highest BCUT2D eigenvalue weighted by atomic mass is 16.5. The number of methoxy groups -OCH3 is 1. The van der Waals surface area contributed by atoms with Gasteiger partial charge in [0.2, 0.25) is 0 Å². The number of ether oxygens (including phenoxy) is 1. The zero-order chi connectivity index (χ0) is 13.9. The van der Waals surface area contributed by atoms with Crippen LogP contribution in [-0.2, 0) is 5.41 Å². The van der Waals surface area contributed by atoms with E-state index in [2.05, 4.69) is 43.5 Å². The summed E-state index contributed by atoms with van der Waals surface area (Å²) < 4.78 is 5.36. The molecule has 0 aliphatic carbocycles. The van der Waals surface area contributed by atoms with Gasteiger partial charge in [0.1, 0.15) is 5.75 Å². The Hall–Kier alpha value is -1.28. The van der Waals surface area contributed by atoms with E-state index in [0.717, 1.165) is 25.4 Å². The molecule has 1 heterocycles. The lowest BCUT2D eigenvalue weighted by Crippen LogP contribution is -2.47. The van der Waals surface area contributed by atoms with Gasteiger partial charge in [-0.1, -0.05) is 32.1 Å². The number of piperidine rings is 1. The Kier molecular flexibility index (Phi) is 4.31. The maximum atomic E-state index is 5.36. The molecular weight excluding hydrogens is 234 g/mol. The molecule has 1 saturated heterocycles. The molecule has 1 aromatic carbocycles. The maximum Gasteiger partial charge on any atom is 0.119 e. The number of likely N-dealkylation sites (tertiary alicyclic amines) is 1. The van der Waals surface area contributed by atoms with E-state index in [4.69, 9.17) is 4.74 Å². The Morgan fingerprint density at radius 2 is 2.32 bits per heavy atom. The third kappa shape index (κ3) is 2.84. The predicted molar refractivity (Wildman–Crippen MR) is 80.8 cm³/mol. The molecule has 0 spiro atoms. The summed E-state index contributed by atoms with van der Waals surface area (Å²) in [4.78, 5) is 2.49. The maximum absolute atomic E-state index is 5.36. The van der Waals surface area contributed by atoms with Crippen molar-refractivity contribution in [1.29, 1.82) is 0 Å². The fraction of sp³-hybridized carbons (Fsp3) is 0.529. The van der Waals surface area contributed by atoms with Gasteiger partial charge in [0.05, 0.1) is 7.11 Å². The Balaban J connectivity index is 2.20. The van der Waals surface area contributed by atoms with Gasteiger partial charge >= 0.3 is 0 Å². The normalized spacial score (nSPS) is 28.1. The second-order valence-electron chi connectivity index (χ2n) is 5.85. The van der Waals surface area contributed by atoms with E-state index < -0.39 is 0 Å². The van der Waals surface area contributed by atoms with Crippen LogP contribution in [0.3, 0.4) is 0 Å². The highest BCUT2D eigenvalue weighted by molar-refractivity contribution is 5.34. The van der Waals surface area contributed by atoms with Crippen LogP contribution in [-0.4, -0.2) is 31.6 Å². The molecule has 0 bridgehead atoms. The molecule has 19 heavy (non-hydrogen) atoms. The molecule has 0 aromatic heterocycles. The SMILES string of the molecule is C=CCN1CC[C@](C)(c2cccc(OC)c2)[C@@H](C)C1. The van der Waals surface area contributed by atoms with Crippen LogP contribution in [0.15, 0.2) is 36.9 Å². The smallest absolute Gasteiger partial charge is 0.119 e. The molecule has 0 radical (unpaired) electrons. The van der Waals surface area contributed by atoms with Gasteiger partial charge in [-0.3, -0.25) is 4.90 Å². The highest BCUT2D eigenvalue weighted by Crippen LogP contribution is 2.40. The summed E-state index contributed by atoms with van der Waals surface area (Å²) >= 11 is 0. The highest BCUT2D eigenvalue weighted by Gasteiger charge is 2.37. The molecule has 2 rings (SSSR count). The molecule has 1 aliphatic rings. The van der Waals surface area contributed by atoms with Crippen LogP contribution in [0.25, 0.3) is 0 Å². The third-order valence-corrected chi connectivity index (χ3v) is 4.68. The minimum atomic E-state index is 0.242. The van der Waals surface area contributed by atoms with Crippen LogP contribution in [0.2, 0.25) is 0 Å². The van der Waals surface area contributed by atoms with E-state index >= 15 is 0 Å². The average Bonchev–Trinajstić information content (AvgIpc) is 2.43. The standard InChI is InChI=1S/C17H25NO/c1-5-10-18-11-9-17(3,14(2)13-18)15-7-6-8-16(12-15)19-4/h5-8,12,14H,1,9-11,13H2,2-4H3/t14-,17-/m0/s1. The van der Waals surface area contributed by atoms with Crippen LogP contribution in [0.4, 0.5) is 0 Å². The molecule has 1 fully saturated rings. The molecule has 0 N–H and O–H groups in total. The summed E-state index contributed by atoms with van der Waals surface area (Å²) in [5, 5.41) is 0. The summed E-state index contributed by atoms with van der Waals surface area (Å²) in [5.41, 5.74) is 1.64. The minimum absolute atomic E-state index is 0.242. The molecule has 1 aliphatic heterocycles. The summed E-state index contributed by atoms with van der Waals surface area (Å²) in [7, 11) is 1.73. The number of hydrogen-bond acceptors (Lipinski definition) is 2. The minimum Gasteiger partial charge on any atom is -0.497 e. The molecule has 0 amide bonds. The molecule has 104 valence electrons. The monoisotopic (exact) mass is 259 g/mol. The lowest BCUT2D eigenvalue weighted by molar-refractivity contribution is 0.121. The number of hydrogen-bond donors (Lipinski definition) is 0. The first-order valence-corrected chi connectivity index (χ1v) is 7.08. The summed E-state index contributed by atoms with van der Waals surface area (Å²) in [6.45, 7) is 11.9. The van der Waals surface area contributed by atoms with Crippen molar-refractivity contribution in [3.05, 3.63) is 42.5 Å². The zero-order valence-corrected chi connectivity index (χ0v) is 12.4. The van der Waals surface area contributed by atoms with E-state index in [0.29, 0.717) is 5.92 Å². The number of benzene rings is 1. The van der Waals surface area contributed by atoms with Crippen molar-refractivity contribution in [2.24, 2.45) is 5.92 Å². The van der Waals surface area contributed by atoms with Crippen molar-refractivity contribution in [1.82, 2.24) is 4.90 Å². The van der Waals surface area contributed by atoms with Crippen molar-refractivity contribution in [3.63, 3.8) is 0 Å². The quantitative estimate of drug-likeness (QED) is 0.768. The topological polar surface area (TPSA) is 12.5 Å². The Morgan fingerprint density at radius 3 is 2.95 bits per heavy atom. The van der Waals surface area contributed by atoms with Gasteiger partial charge in [-0.2, -0.15) is 0 Å². The van der Waals surface area contributed by atoms with E-state index in [1.54, 1.807) is 7.11 Å². The summed E-state index contributed by atoms with van der Waals surface area (Å²) in [6, 6.07) is 8.55. The first-order chi connectivity index (χ1) is 9.10. The molecule has 0 unspecified atom stereocenters. The van der Waals surface area contributed by atoms with Crippen LogP contribution >= 0.6 is 0 Å². The Morgan fingerprint density at radius 1 is 1.53 bits per heavy atom. The second-order valence-corrected chi connectivity index (χ2v) is 5.85. The lowest BCUT2D eigenvalue weighted by atomic mass is 9.68. The van der Waals surface area contributed by atoms with E-state index in [9.17, 15) is 0 Å². The first kappa shape index (κ1) is 14.1. The van der Waals surface area contributed by atoms with Crippen molar-refractivity contribution in [2.45, 2.75) is 25.7 Å². The largest absolute Gasteiger partial charge is 0.497 e. The van der Waals surface area contributed by atoms with E-state index in [-0.39, 0.29) is 5.41 Å². The second kappa shape index (κ2) is 5.79. The van der Waals surface area contributed by atoms with Gasteiger partial charge in [0, 0.05) is 13.1 Å². The summed E-state index contributed by atoms with van der Waals surface area (Å²) in [6.07, 6.45) is 3.19. The van der Waals surface area contributed by atoms with Crippen molar-refractivity contribution in [2.75, 3.05) is 26.7 Å². The van der Waals surface area contributed by atoms with E-state index in [1.807, 2.05) is 12.1 Å². The van der Waals surface area contributed by atoms with Crippen LogP contribution in [0.1, 0.15) is 25.8 Å². The molecule has 2 atom stereocenters. The van der Waals surface area contributed by atoms with Gasteiger partial charge in [0.15, 0.2) is 0 Å². The van der Waals surface area contributed by atoms with Crippen LogP contribution < -0.4 is 4.74 Å². The van der Waals surface area contributed by atoms with Gasteiger partial charge < -0.3 is 4.74 Å². The first-order valence-electron chi connectivity index (χ1n) is 7.08. The van der Waals surface area contributed by atoms with Gasteiger partial charge in [-0.05, 0) is 42.0 Å². The Bertz CT molecular complexity index is 443. The van der Waals surface area contributed by atoms with Gasteiger partial charge in [0.25, 0.3) is 0 Å². The fourth-order valence-corrected chi connectivity index (χ4v) is 3.07. The van der Waals surface area contributed by atoms with Crippen molar-refractivity contribution < 1.29 is 4.74 Å². The summed E-state index contributed by atoms with van der Waals surface area (Å²) in [5.74, 6) is 1.59. The molecule has 0 saturated carbocycles. The molecule has 2 nitrogen and oxygen atoms in total. The third-order valence-electron chi connectivity index (χ3n) is 4.68. The van der Waals surface area contributed by atoms with Crippen LogP contribution in [0, 0.1) is 5.92 Å². The molecule has 1 aromatic rings. The Labute approximate surface area is 117 Å². The zero-order valence-electron chi connectivity index (χ0n) is 12.4. The van der Waals surface area contributed by atoms with Crippen LogP contribution in [0.5, 0.6) is 5.75 Å². The van der Waals surface area contributed by atoms with Crippen molar-refractivity contribution in [3.8, 4) is 5.75 Å². The average molecular weight is 259 g/mol. The lowest BCUT2D eigenvalue weighted by Gasteiger charge is -2.45. The van der Waals surface area contributed by atoms with E-state index in [1.165, 1.54) is 12.0 Å². The fourth-order valence-electron chi connectivity index (χ4n) is 3.07. The number of nitrogens with zero attached hydrogens (tertiary/aromatic N) is 1. The molecule has 2 heteroatoms. The van der Waals surface area contributed by atoms with Gasteiger partial charge in [-0.15, -0.1) is 6.58 Å². The molecular formula is C17H25NO. The van der Waals surface area contributed by atoms with Gasteiger partial charge in [-0.25, -0.2) is 0 Å². The predicted octanol–water partition coefficient (Wildman–Crippen LogP) is 3.48.